The summed E-state index contributed by atoms with van der Waals surface area (Å²) >= 11 is 12.6. The predicted molar refractivity (Wildman–Crippen MR) is 140 cm³/mol. The molecule has 0 saturated heterocycles. The molecule has 3 aromatic carbocycles. The number of benzene rings is 3. The largest absolute Gasteiger partial charge is 0.482 e. The van der Waals surface area contributed by atoms with Gasteiger partial charge >= 0.3 is 5.97 Å². The molecule has 1 amide bonds. The molecule has 3 rings (SSSR count). The first-order valence-corrected chi connectivity index (χ1v) is 12.3. The topological polar surface area (TPSA) is 99.4 Å². The molecule has 36 heavy (non-hydrogen) atoms. The van der Waals surface area contributed by atoms with Crippen LogP contribution >= 0.6 is 23.2 Å². The second-order valence-electron chi connectivity index (χ2n) is 8.24. The molecule has 2 N–H and O–H groups in total. The van der Waals surface area contributed by atoms with Gasteiger partial charge in [0.05, 0.1) is 17.0 Å². The van der Waals surface area contributed by atoms with Crippen LogP contribution in [0.3, 0.4) is 0 Å². The van der Waals surface area contributed by atoms with Gasteiger partial charge in [-0.2, -0.15) is 5.26 Å². The summed E-state index contributed by atoms with van der Waals surface area (Å²) < 4.78 is 6.48. The van der Waals surface area contributed by atoms with E-state index in [9.17, 15) is 14.9 Å². The van der Waals surface area contributed by atoms with Gasteiger partial charge in [0.25, 0.3) is 5.91 Å². The molecule has 0 bridgehead atoms. The number of carboxylic acids is 1. The van der Waals surface area contributed by atoms with Crippen molar-refractivity contribution in [1.29, 1.82) is 5.26 Å². The van der Waals surface area contributed by atoms with E-state index in [4.69, 9.17) is 33.0 Å². The minimum absolute atomic E-state index is 0.0555. The number of ether oxygens (including phenoxy) is 1. The van der Waals surface area contributed by atoms with Gasteiger partial charge in [0.2, 0.25) is 0 Å². The zero-order chi connectivity index (χ0) is 26.1. The van der Waals surface area contributed by atoms with Crippen LogP contribution in [0.5, 0.6) is 5.75 Å². The standard InChI is InChI=1S/C28H26Cl2N2O4/c1-2-4-23(18-7-9-20(10-8-18)28(35)32-16-15-25(33)34)26(19-11-13-22(29)14-12-19)36-27-21(17-31)5-3-6-24(27)30/h3,5-14,23,26H,2,4,15-16H2,1H3,(H,32,35)(H,33,34)/t23-,26+/m1/s1. The molecule has 0 aromatic heterocycles. The van der Waals surface area contributed by atoms with Gasteiger partial charge in [0, 0.05) is 23.0 Å². The fourth-order valence-electron chi connectivity index (χ4n) is 3.95. The molecular weight excluding hydrogens is 499 g/mol. The van der Waals surface area contributed by atoms with Crippen LogP contribution in [0, 0.1) is 11.3 Å². The number of rotatable bonds is 11. The maximum absolute atomic E-state index is 12.4. The average Bonchev–Trinajstić information content (AvgIpc) is 2.87. The van der Waals surface area contributed by atoms with Gasteiger partial charge in [-0.1, -0.05) is 66.9 Å². The summed E-state index contributed by atoms with van der Waals surface area (Å²) in [5, 5.41) is 21.9. The Morgan fingerprint density at radius 1 is 1.03 bits per heavy atom. The van der Waals surface area contributed by atoms with Crippen molar-refractivity contribution >= 4 is 35.1 Å². The van der Waals surface area contributed by atoms with Crippen molar-refractivity contribution < 1.29 is 19.4 Å². The smallest absolute Gasteiger partial charge is 0.305 e. The van der Waals surface area contributed by atoms with E-state index in [1.54, 1.807) is 42.5 Å². The fraction of sp³-hybridized carbons (Fsp3) is 0.250. The Morgan fingerprint density at radius 3 is 2.31 bits per heavy atom. The monoisotopic (exact) mass is 524 g/mol. The number of para-hydroxylation sites is 1. The average molecular weight is 525 g/mol. The lowest BCUT2D eigenvalue weighted by Gasteiger charge is -2.29. The molecule has 0 saturated carbocycles. The number of hydrogen-bond donors (Lipinski definition) is 2. The quantitative estimate of drug-likeness (QED) is 0.288. The summed E-state index contributed by atoms with van der Waals surface area (Å²) in [4.78, 5) is 23.1. The third-order valence-electron chi connectivity index (χ3n) is 5.72. The summed E-state index contributed by atoms with van der Waals surface area (Å²) in [7, 11) is 0. The molecule has 6 nitrogen and oxygen atoms in total. The molecule has 0 fully saturated rings. The van der Waals surface area contributed by atoms with E-state index in [1.807, 2.05) is 24.3 Å². The van der Waals surface area contributed by atoms with Crippen LogP contribution in [0.25, 0.3) is 0 Å². The van der Waals surface area contributed by atoms with Crippen molar-refractivity contribution in [2.45, 2.75) is 38.2 Å². The van der Waals surface area contributed by atoms with Crippen LogP contribution in [0.2, 0.25) is 10.0 Å². The molecule has 186 valence electrons. The van der Waals surface area contributed by atoms with Crippen molar-refractivity contribution in [1.82, 2.24) is 5.32 Å². The van der Waals surface area contributed by atoms with Crippen LogP contribution in [0.15, 0.2) is 66.7 Å². The number of nitrogens with one attached hydrogen (secondary N) is 1. The van der Waals surface area contributed by atoms with Crippen molar-refractivity contribution in [3.05, 3.63) is 99.0 Å². The molecule has 0 radical (unpaired) electrons. The van der Waals surface area contributed by atoms with E-state index >= 15 is 0 Å². The highest BCUT2D eigenvalue weighted by Crippen LogP contribution is 2.41. The fourth-order valence-corrected chi connectivity index (χ4v) is 4.29. The minimum atomic E-state index is -0.973. The van der Waals surface area contributed by atoms with Crippen LogP contribution < -0.4 is 10.1 Å². The maximum Gasteiger partial charge on any atom is 0.305 e. The molecule has 0 aliphatic heterocycles. The van der Waals surface area contributed by atoms with Gasteiger partial charge in [0.15, 0.2) is 5.75 Å². The summed E-state index contributed by atoms with van der Waals surface area (Å²) in [5.74, 6) is -1.12. The Hall–Kier alpha value is -3.53. The molecule has 0 aliphatic rings. The molecular formula is C28H26Cl2N2O4. The molecule has 2 atom stereocenters. The van der Waals surface area contributed by atoms with E-state index in [2.05, 4.69) is 18.3 Å². The number of aliphatic carboxylic acids is 1. The lowest BCUT2D eigenvalue weighted by atomic mass is 9.85. The van der Waals surface area contributed by atoms with Gasteiger partial charge in [-0.3, -0.25) is 9.59 Å². The number of amides is 1. The molecule has 8 heteroatoms. The zero-order valence-electron chi connectivity index (χ0n) is 19.7. The lowest BCUT2D eigenvalue weighted by Crippen LogP contribution is -2.26. The second kappa shape index (κ2) is 13.0. The number of carboxylic acid groups (broad SMARTS) is 1. The minimum Gasteiger partial charge on any atom is -0.482 e. The summed E-state index contributed by atoms with van der Waals surface area (Å²) in [6.45, 7) is 2.13. The summed E-state index contributed by atoms with van der Waals surface area (Å²) in [6, 6.07) is 21.7. The number of nitrogens with zero attached hydrogens (tertiary/aromatic N) is 1. The van der Waals surface area contributed by atoms with Gasteiger partial charge in [-0.15, -0.1) is 0 Å². The molecule has 0 heterocycles. The number of halogens is 2. The van der Waals surface area contributed by atoms with E-state index in [1.165, 1.54) is 0 Å². The highest BCUT2D eigenvalue weighted by molar-refractivity contribution is 6.32. The van der Waals surface area contributed by atoms with Crippen molar-refractivity contribution in [3.63, 3.8) is 0 Å². The first-order valence-electron chi connectivity index (χ1n) is 11.5. The highest BCUT2D eigenvalue weighted by atomic mass is 35.5. The van der Waals surface area contributed by atoms with Gasteiger partial charge in [-0.25, -0.2) is 0 Å². The maximum atomic E-state index is 12.4. The number of hydrogen-bond acceptors (Lipinski definition) is 4. The Kier molecular flexibility index (Phi) is 9.75. The van der Waals surface area contributed by atoms with Gasteiger partial charge in [-0.05, 0) is 53.9 Å². The Labute approximate surface area is 220 Å². The molecule has 3 aromatic rings. The molecule has 0 unspecified atom stereocenters. The van der Waals surface area contributed by atoms with Crippen LogP contribution in [0.4, 0.5) is 0 Å². The normalized spacial score (nSPS) is 12.3. The third kappa shape index (κ3) is 7.00. The predicted octanol–water partition coefficient (Wildman–Crippen LogP) is 6.77. The molecule has 0 aliphatic carbocycles. The third-order valence-corrected chi connectivity index (χ3v) is 6.27. The van der Waals surface area contributed by atoms with Crippen molar-refractivity contribution in [3.8, 4) is 11.8 Å². The van der Waals surface area contributed by atoms with E-state index in [0.29, 0.717) is 26.9 Å². The van der Waals surface area contributed by atoms with E-state index in [0.717, 1.165) is 24.0 Å². The second-order valence-corrected chi connectivity index (χ2v) is 9.08. The molecule has 0 spiro atoms. The van der Waals surface area contributed by atoms with E-state index < -0.39 is 12.1 Å². The van der Waals surface area contributed by atoms with Gasteiger partial charge in [0.1, 0.15) is 12.2 Å². The first-order chi connectivity index (χ1) is 17.3. The number of carbonyl (C=O) groups is 2. The zero-order valence-corrected chi connectivity index (χ0v) is 21.2. The van der Waals surface area contributed by atoms with Gasteiger partial charge < -0.3 is 15.2 Å². The van der Waals surface area contributed by atoms with Crippen LogP contribution in [-0.2, 0) is 4.79 Å². The Morgan fingerprint density at radius 2 is 1.69 bits per heavy atom. The van der Waals surface area contributed by atoms with Crippen LogP contribution in [0.1, 0.15) is 65.3 Å². The summed E-state index contributed by atoms with van der Waals surface area (Å²) in [5.41, 5.74) is 2.59. The van der Waals surface area contributed by atoms with Crippen molar-refractivity contribution in [2.75, 3.05) is 6.54 Å². The first kappa shape index (κ1) is 27.1. The Balaban J connectivity index is 1.96. The van der Waals surface area contributed by atoms with Crippen LogP contribution in [-0.4, -0.2) is 23.5 Å². The number of carbonyl (C=O) groups excluding carboxylic acids is 1. The van der Waals surface area contributed by atoms with E-state index in [-0.39, 0.29) is 24.8 Å². The highest BCUT2D eigenvalue weighted by Gasteiger charge is 2.28. The lowest BCUT2D eigenvalue weighted by molar-refractivity contribution is -0.136. The number of nitriles is 1. The SMILES string of the molecule is CCC[C@H](c1ccc(C(=O)NCCC(=O)O)cc1)[C@@H](Oc1c(Cl)cccc1C#N)c1ccc(Cl)cc1. The van der Waals surface area contributed by atoms with Crippen molar-refractivity contribution in [2.24, 2.45) is 0 Å². The Bertz CT molecular complexity index is 1240. The summed E-state index contributed by atoms with van der Waals surface area (Å²) in [6.07, 6.45) is 1.01.